The van der Waals surface area contributed by atoms with E-state index in [1.807, 2.05) is 6.92 Å². The van der Waals surface area contributed by atoms with Gasteiger partial charge in [0.1, 0.15) is 5.82 Å². The number of hydrogen-bond donors (Lipinski definition) is 0. The number of piperazine rings is 1. The highest BCUT2D eigenvalue weighted by Crippen LogP contribution is 2.21. The zero-order valence-electron chi connectivity index (χ0n) is 15.7. The lowest BCUT2D eigenvalue weighted by atomic mass is 10.1. The third-order valence-corrected chi connectivity index (χ3v) is 7.39. The number of benzene rings is 1. The normalized spacial score (nSPS) is 22.5. The minimum Gasteiger partial charge on any atom is -0.336 e. The maximum atomic E-state index is 13.1. The van der Waals surface area contributed by atoms with Gasteiger partial charge in [-0.25, -0.2) is 17.5 Å². The minimum atomic E-state index is -2.91. The second kappa shape index (κ2) is 7.29. The summed E-state index contributed by atoms with van der Waals surface area (Å²) in [6.45, 7) is 4.31. The molecule has 7 nitrogen and oxygen atoms in total. The number of hydrogen-bond acceptors (Lipinski definition) is 5. The van der Waals surface area contributed by atoms with Crippen LogP contribution in [0.3, 0.4) is 0 Å². The van der Waals surface area contributed by atoms with Crippen LogP contribution in [0.5, 0.6) is 0 Å². The van der Waals surface area contributed by atoms with E-state index in [1.165, 1.54) is 12.1 Å². The molecule has 0 bridgehead atoms. The molecule has 1 aromatic carbocycles. The first-order valence-electron chi connectivity index (χ1n) is 9.38. The van der Waals surface area contributed by atoms with Crippen molar-refractivity contribution in [1.29, 1.82) is 0 Å². The number of rotatable bonds is 3. The highest BCUT2D eigenvalue weighted by Gasteiger charge is 2.34. The molecule has 1 atom stereocenters. The summed E-state index contributed by atoms with van der Waals surface area (Å²) in [7, 11) is -2.91. The van der Waals surface area contributed by atoms with Crippen LogP contribution in [-0.4, -0.2) is 77.6 Å². The van der Waals surface area contributed by atoms with Crippen LogP contribution in [0.15, 0.2) is 30.5 Å². The van der Waals surface area contributed by atoms with Crippen molar-refractivity contribution in [2.75, 3.05) is 37.7 Å². The van der Waals surface area contributed by atoms with Gasteiger partial charge in [-0.3, -0.25) is 9.69 Å². The summed E-state index contributed by atoms with van der Waals surface area (Å²) in [6, 6.07) is 6.04. The quantitative estimate of drug-likeness (QED) is 0.767. The van der Waals surface area contributed by atoms with Gasteiger partial charge in [0.15, 0.2) is 9.84 Å². The van der Waals surface area contributed by atoms with Gasteiger partial charge in [0, 0.05) is 32.2 Å². The van der Waals surface area contributed by atoms with Crippen molar-refractivity contribution in [3.05, 3.63) is 47.5 Å². The summed E-state index contributed by atoms with van der Waals surface area (Å²) >= 11 is 0. The lowest BCUT2D eigenvalue weighted by molar-refractivity contribution is 0.0587. The second-order valence-electron chi connectivity index (χ2n) is 7.42. The van der Waals surface area contributed by atoms with Gasteiger partial charge in [-0.05, 0) is 37.6 Å². The molecule has 3 heterocycles. The van der Waals surface area contributed by atoms with E-state index in [0.717, 1.165) is 0 Å². The van der Waals surface area contributed by atoms with Crippen molar-refractivity contribution in [2.45, 2.75) is 19.4 Å². The maximum absolute atomic E-state index is 13.1. The molecular formula is C19H23FN4O3S. The molecule has 1 amide bonds. The van der Waals surface area contributed by atoms with Crippen LogP contribution in [0.4, 0.5) is 4.39 Å². The van der Waals surface area contributed by atoms with E-state index in [9.17, 15) is 17.6 Å². The number of sulfone groups is 1. The van der Waals surface area contributed by atoms with E-state index in [2.05, 4.69) is 10.00 Å². The molecule has 0 spiro atoms. The Morgan fingerprint density at radius 1 is 1.14 bits per heavy atom. The van der Waals surface area contributed by atoms with Crippen LogP contribution in [0, 0.1) is 12.7 Å². The van der Waals surface area contributed by atoms with Crippen molar-refractivity contribution in [3.8, 4) is 5.69 Å². The average Bonchev–Trinajstić information content (AvgIpc) is 3.24. The smallest absolute Gasteiger partial charge is 0.257 e. The summed E-state index contributed by atoms with van der Waals surface area (Å²) in [5.41, 5.74) is 1.94. The number of amides is 1. The van der Waals surface area contributed by atoms with Gasteiger partial charge in [0.2, 0.25) is 0 Å². The highest BCUT2D eigenvalue weighted by molar-refractivity contribution is 7.91. The Hall–Kier alpha value is -2.26. The third-order valence-electron chi connectivity index (χ3n) is 5.64. The summed E-state index contributed by atoms with van der Waals surface area (Å²) in [5, 5.41) is 4.30. The predicted octanol–water partition coefficient (Wildman–Crippen LogP) is 1.26. The van der Waals surface area contributed by atoms with Crippen LogP contribution in [0.2, 0.25) is 0 Å². The standard InChI is InChI=1S/C19H23FN4O3S/c1-14-18(12-21-24(14)16-4-2-15(20)3-5-16)19(25)23-9-7-22(8-10-23)17-6-11-28(26,27)13-17/h2-5,12,17H,6-11,13H2,1H3/t17-/m0/s1. The molecule has 2 fully saturated rings. The van der Waals surface area contributed by atoms with Crippen molar-refractivity contribution >= 4 is 15.7 Å². The average molecular weight is 406 g/mol. The van der Waals surface area contributed by atoms with Crippen molar-refractivity contribution in [3.63, 3.8) is 0 Å². The largest absolute Gasteiger partial charge is 0.336 e. The summed E-state index contributed by atoms with van der Waals surface area (Å²) in [5.74, 6) is 0.0886. The molecule has 2 aliphatic heterocycles. The molecule has 0 unspecified atom stereocenters. The molecule has 0 aliphatic carbocycles. The second-order valence-corrected chi connectivity index (χ2v) is 9.65. The van der Waals surface area contributed by atoms with Gasteiger partial charge in [0.25, 0.3) is 5.91 Å². The number of halogens is 1. The fraction of sp³-hybridized carbons (Fsp3) is 0.474. The van der Waals surface area contributed by atoms with Gasteiger partial charge in [0.05, 0.1) is 34.6 Å². The Balaban J connectivity index is 1.43. The number of carbonyl (C=O) groups is 1. The Labute approximate surface area is 163 Å². The van der Waals surface area contributed by atoms with Gasteiger partial charge >= 0.3 is 0 Å². The summed E-state index contributed by atoms with van der Waals surface area (Å²) in [6.07, 6.45) is 2.23. The molecule has 0 saturated carbocycles. The molecule has 2 aromatic rings. The molecule has 1 aromatic heterocycles. The zero-order chi connectivity index (χ0) is 19.9. The Morgan fingerprint density at radius 2 is 1.82 bits per heavy atom. The SMILES string of the molecule is Cc1c(C(=O)N2CCN([C@H]3CCS(=O)(=O)C3)CC2)cnn1-c1ccc(F)cc1. The lowest BCUT2D eigenvalue weighted by Crippen LogP contribution is -2.52. The fourth-order valence-electron chi connectivity index (χ4n) is 3.99. The molecule has 28 heavy (non-hydrogen) atoms. The van der Waals surface area contributed by atoms with Gasteiger partial charge in [-0.15, -0.1) is 0 Å². The Kier molecular flexibility index (Phi) is 4.96. The molecule has 150 valence electrons. The van der Waals surface area contributed by atoms with Crippen LogP contribution < -0.4 is 0 Å². The molecular weight excluding hydrogens is 383 g/mol. The lowest BCUT2D eigenvalue weighted by Gasteiger charge is -2.37. The minimum absolute atomic E-state index is 0.0743. The predicted molar refractivity (Wildman–Crippen MR) is 103 cm³/mol. The van der Waals surface area contributed by atoms with E-state index in [4.69, 9.17) is 0 Å². The molecule has 0 N–H and O–H groups in total. The monoisotopic (exact) mass is 406 g/mol. The first-order chi connectivity index (χ1) is 13.3. The topological polar surface area (TPSA) is 75.5 Å². The van der Waals surface area contributed by atoms with E-state index < -0.39 is 9.84 Å². The highest BCUT2D eigenvalue weighted by atomic mass is 32.2. The number of aromatic nitrogens is 2. The van der Waals surface area contributed by atoms with Gasteiger partial charge < -0.3 is 4.90 Å². The van der Waals surface area contributed by atoms with Crippen LogP contribution in [0.25, 0.3) is 5.69 Å². The van der Waals surface area contributed by atoms with Crippen molar-refractivity contribution < 1.29 is 17.6 Å². The molecule has 0 radical (unpaired) electrons. The Bertz CT molecular complexity index is 979. The van der Waals surface area contributed by atoms with Crippen molar-refractivity contribution in [2.24, 2.45) is 0 Å². The molecule has 4 rings (SSSR count). The van der Waals surface area contributed by atoms with Crippen molar-refractivity contribution in [1.82, 2.24) is 19.6 Å². The maximum Gasteiger partial charge on any atom is 0.257 e. The Morgan fingerprint density at radius 3 is 2.43 bits per heavy atom. The summed E-state index contributed by atoms with van der Waals surface area (Å²) < 4.78 is 38.2. The molecule has 2 aliphatic rings. The van der Waals surface area contributed by atoms with E-state index in [-0.39, 0.29) is 29.3 Å². The van der Waals surface area contributed by atoms with Crippen LogP contribution in [0.1, 0.15) is 22.5 Å². The summed E-state index contributed by atoms with van der Waals surface area (Å²) in [4.78, 5) is 16.9. The van der Waals surface area contributed by atoms with Crippen LogP contribution in [-0.2, 0) is 9.84 Å². The van der Waals surface area contributed by atoms with E-state index in [0.29, 0.717) is 49.5 Å². The number of nitrogens with zero attached hydrogens (tertiary/aromatic N) is 4. The van der Waals surface area contributed by atoms with E-state index >= 15 is 0 Å². The molecule has 9 heteroatoms. The van der Waals surface area contributed by atoms with Crippen LogP contribution >= 0.6 is 0 Å². The van der Waals surface area contributed by atoms with Gasteiger partial charge in [-0.2, -0.15) is 5.10 Å². The first kappa shape index (κ1) is 19.1. The molecule has 2 saturated heterocycles. The third kappa shape index (κ3) is 3.68. The zero-order valence-corrected chi connectivity index (χ0v) is 16.5. The number of carbonyl (C=O) groups excluding carboxylic acids is 1. The first-order valence-corrected chi connectivity index (χ1v) is 11.2. The van der Waals surface area contributed by atoms with Gasteiger partial charge in [-0.1, -0.05) is 0 Å². The van der Waals surface area contributed by atoms with E-state index in [1.54, 1.807) is 27.9 Å². The fourth-order valence-corrected chi connectivity index (χ4v) is 5.75.